The molecule has 0 atom stereocenters. The van der Waals surface area contributed by atoms with Gasteiger partial charge in [-0.05, 0) is 31.2 Å². The summed E-state index contributed by atoms with van der Waals surface area (Å²) in [6, 6.07) is 13.5. The Bertz CT molecular complexity index is 668. The Morgan fingerprint density at radius 3 is 2.35 bits per heavy atom. The lowest BCUT2D eigenvalue weighted by atomic mass is 10.1. The first kappa shape index (κ1) is 14.1. The van der Waals surface area contributed by atoms with Gasteiger partial charge in [0.25, 0.3) is 5.91 Å². The molecule has 0 aromatic heterocycles. The lowest BCUT2D eigenvalue weighted by Gasteiger charge is -2.05. The van der Waals surface area contributed by atoms with Crippen molar-refractivity contribution < 1.29 is 9.90 Å². The van der Waals surface area contributed by atoms with Gasteiger partial charge >= 0.3 is 0 Å². The molecule has 0 spiro atoms. The molecule has 0 aliphatic heterocycles. The molecule has 2 N–H and O–H groups in total. The molecule has 5 heteroatoms. The third kappa shape index (κ3) is 3.16. The van der Waals surface area contributed by atoms with Crippen LogP contribution in [-0.4, -0.2) is 16.7 Å². The summed E-state index contributed by atoms with van der Waals surface area (Å²) < 4.78 is 0. The van der Waals surface area contributed by atoms with Crippen molar-refractivity contribution in [3.8, 4) is 5.75 Å². The molecule has 0 saturated heterocycles. The molecule has 0 saturated carbocycles. The molecule has 0 aliphatic rings. The molecule has 0 bridgehead atoms. The second-order valence-electron chi connectivity index (χ2n) is 4.14. The number of benzene rings is 2. The summed E-state index contributed by atoms with van der Waals surface area (Å²) in [5.74, 6) is -0.286. The van der Waals surface area contributed by atoms with E-state index in [1.54, 1.807) is 55.5 Å². The Hall–Kier alpha value is -2.33. The zero-order valence-corrected chi connectivity index (χ0v) is 11.6. The van der Waals surface area contributed by atoms with Gasteiger partial charge in [-0.25, -0.2) is 5.43 Å². The van der Waals surface area contributed by atoms with Crippen LogP contribution in [0.5, 0.6) is 5.75 Å². The Balaban J connectivity index is 2.16. The van der Waals surface area contributed by atoms with Crippen LogP contribution in [0, 0.1) is 0 Å². The minimum Gasteiger partial charge on any atom is -0.507 e. The van der Waals surface area contributed by atoms with Crippen molar-refractivity contribution in [3.05, 3.63) is 64.7 Å². The van der Waals surface area contributed by atoms with Crippen molar-refractivity contribution in [2.45, 2.75) is 6.92 Å². The molecule has 1 amide bonds. The fourth-order valence-corrected chi connectivity index (χ4v) is 1.90. The van der Waals surface area contributed by atoms with E-state index in [-0.39, 0.29) is 5.75 Å². The highest BCUT2D eigenvalue weighted by Gasteiger charge is 2.09. The molecule has 0 unspecified atom stereocenters. The van der Waals surface area contributed by atoms with Gasteiger partial charge in [-0.2, -0.15) is 5.10 Å². The average Bonchev–Trinajstić information content (AvgIpc) is 2.45. The topological polar surface area (TPSA) is 61.7 Å². The van der Waals surface area contributed by atoms with Gasteiger partial charge in [0.1, 0.15) is 5.75 Å². The fourth-order valence-electron chi connectivity index (χ4n) is 1.68. The van der Waals surface area contributed by atoms with Gasteiger partial charge in [0.2, 0.25) is 0 Å². The molecular formula is C15H13ClN2O2. The number of phenols is 1. The van der Waals surface area contributed by atoms with Gasteiger partial charge < -0.3 is 5.11 Å². The van der Waals surface area contributed by atoms with E-state index in [2.05, 4.69) is 10.5 Å². The standard InChI is InChI=1S/C15H13ClN2O2/c1-10(11-6-3-5-9-14(11)19)17-18-15(20)12-7-2-4-8-13(12)16/h2-9,19H,1H3,(H,18,20)/b17-10-. The first-order valence-electron chi connectivity index (χ1n) is 5.97. The first-order valence-corrected chi connectivity index (χ1v) is 6.35. The predicted molar refractivity (Wildman–Crippen MR) is 79.2 cm³/mol. The Morgan fingerprint density at radius 2 is 1.70 bits per heavy atom. The number of aromatic hydroxyl groups is 1. The number of amides is 1. The van der Waals surface area contributed by atoms with Gasteiger partial charge in [0.05, 0.1) is 16.3 Å². The third-order valence-electron chi connectivity index (χ3n) is 2.74. The van der Waals surface area contributed by atoms with E-state index in [4.69, 9.17) is 11.6 Å². The lowest BCUT2D eigenvalue weighted by molar-refractivity contribution is 0.0955. The van der Waals surface area contributed by atoms with Crippen LogP contribution in [0.1, 0.15) is 22.8 Å². The first-order chi connectivity index (χ1) is 9.59. The van der Waals surface area contributed by atoms with Crippen LogP contribution in [0.25, 0.3) is 0 Å². The quantitative estimate of drug-likeness (QED) is 0.673. The summed E-state index contributed by atoms with van der Waals surface area (Å²) in [6.45, 7) is 1.70. The Morgan fingerprint density at radius 1 is 1.10 bits per heavy atom. The third-order valence-corrected chi connectivity index (χ3v) is 3.07. The van der Waals surface area contributed by atoms with E-state index in [1.807, 2.05) is 0 Å². The van der Waals surface area contributed by atoms with Crippen LogP contribution >= 0.6 is 11.6 Å². The van der Waals surface area contributed by atoms with Crippen LogP contribution in [0.15, 0.2) is 53.6 Å². The van der Waals surface area contributed by atoms with E-state index in [0.717, 1.165) is 0 Å². The predicted octanol–water partition coefficient (Wildman–Crippen LogP) is 3.20. The molecule has 2 aromatic carbocycles. The van der Waals surface area contributed by atoms with E-state index < -0.39 is 5.91 Å². The molecule has 2 rings (SSSR count). The minimum absolute atomic E-state index is 0.112. The molecule has 4 nitrogen and oxygen atoms in total. The largest absolute Gasteiger partial charge is 0.507 e. The summed E-state index contributed by atoms with van der Waals surface area (Å²) in [4.78, 5) is 11.9. The van der Waals surface area contributed by atoms with Crippen LogP contribution in [-0.2, 0) is 0 Å². The van der Waals surface area contributed by atoms with Crippen LogP contribution in [0.2, 0.25) is 5.02 Å². The van der Waals surface area contributed by atoms with Gasteiger partial charge in [-0.3, -0.25) is 4.79 Å². The van der Waals surface area contributed by atoms with E-state index in [0.29, 0.717) is 21.9 Å². The maximum atomic E-state index is 11.9. The minimum atomic E-state index is -0.398. The van der Waals surface area contributed by atoms with Crippen molar-refractivity contribution in [2.75, 3.05) is 0 Å². The summed E-state index contributed by atoms with van der Waals surface area (Å²) in [7, 11) is 0. The zero-order chi connectivity index (χ0) is 14.5. The van der Waals surface area contributed by atoms with Gasteiger partial charge in [-0.15, -0.1) is 0 Å². The number of rotatable bonds is 3. The number of para-hydroxylation sites is 1. The fraction of sp³-hybridized carbons (Fsp3) is 0.0667. The number of carbonyl (C=O) groups is 1. The normalized spacial score (nSPS) is 11.2. The van der Waals surface area contributed by atoms with Crippen molar-refractivity contribution in [3.63, 3.8) is 0 Å². The number of carbonyl (C=O) groups excluding carboxylic acids is 1. The van der Waals surface area contributed by atoms with Gasteiger partial charge in [0.15, 0.2) is 0 Å². The van der Waals surface area contributed by atoms with Crippen LogP contribution in [0.4, 0.5) is 0 Å². The lowest BCUT2D eigenvalue weighted by Crippen LogP contribution is -2.19. The number of halogens is 1. The van der Waals surface area contributed by atoms with Crippen molar-refractivity contribution in [2.24, 2.45) is 5.10 Å². The maximum absolute atomic E-state index is 11.9. The number of nitrogens with one attached hydrogen (secondary N) is 1. The van der Waals surface area contributed by atoms with Crippen LogP contribution in [0.3, 0.4) is 0 Å². The molecule has 0 radical (unpaired) electrons. The van der Waals surface area contributed by atoms with Crippen molar-refractivity contribution in [1.29, 1.82) is 0 Å². The second-order valence-corrected chi connectivity index (χ2v) is 4.54. The van der Waals surface area contributed by atoms with E-state index in [1.165, 1.54) is 0 Å². The second kappa shape index (κ2) is 6.21. The van der Waals surface area contributed by atoms with Gasteiger partial charge in [0, 0.05) is 5.56 Å². The zero-order valence-electron chi connectivity index (χ0n) is 10.8. The number of hydrogen-bond acceptors (Lipinski definition) is 3. The molecule has 102 valence electrons. The smallest absolute Gasteiger partial charge is 0.272 e. The molecule has 0 heterocycles. The maximum Gasteiger partial charge on any atom is 0.272 e. The molecular weight excluding hydrogens is 276 g/mol. The Kier molecular flexibility index (Phi) is 4.38. The number of hydrogen-bond donors (Lipinski definition) is 2. The molecule has 20 heavy (non-hydrogen) atoms. The molecule has 2 aromatic rings. The highest BCUT2D eigenvalue weighted by atomic mass is 35.5. The summed E-state index contributed by atoms with van der Waals surface area (Å²) >= 11 is 5.93. The Labute approximate surface area is 121 Å². The van der Waals surface area contributed by atoms with Crippen molar-refractivity contribution in [1.82, 2.24) is 5.43 Å². The van der Waals surface area contributed by atoms with E-state index >= 15 is 0 Å². The number of hydrazone groups is 1. The SMILES string of the molecule is C/C(=N/NC(=O)c1ccccc1Cl)c1ccccc1O. The molecule has 0 aliphatic carbocycles. The van der Waals surface area contributed by atoms with E-state index in [9.17, 15) is 9.90 Å². The van der Waals surface area contributed by atoms with Gasteiger partial charge in [-0.1, -0.05) is 35.9 Å². The monoisotopic (exact) mass is 288 g/mol. The van der Waals surface area contributed by atoms with Crippen LogP contribution < -0.4 is 5.43 Å². The summed E-state index contributed by atoms with van der Waals surface area (Å²) in [6.07, 6.45) is 0. The highest BCUT2D eigenvalue weighted by Crippen LogP contribution is 2.17. The number of phenolic OH excluding ortho intramolecular Hbond substituents is 1. The number of nitrogens with zero attached hydrogens (tertiary/aromatic N) is 1. The average molecular weight is 289 g/mol. The molecule has 0 fully saturated rings. The summed E-state index contributed by atoms with van der Waals surface area (Å²) in [5.41, 5.74) is 3.83. The van der Waals surface area contributed by atoms with Crippen molar-refractivity contribution >= 4 is 23.2 Å². The highest BCUT2D eigenvalue weighted by molar-refractivity contribution is 6.33. The summed E-state index contributed by atoms with van der Waals surface area (Å²) in [5, 5.41) is 14.0.